The summed E-state index contributed by atoms with van der Waals surface area (Å²) >= 11 is 0. The molecule has 92 valence electrons. The summed E-state index contributed by atoms with van der Waals surface area (Å²) in [5.74, 6) is -0.870. The fourth-order valence-electron chi connectivity index (χ4n) is 2.30. The third-order valence-electron chi connectivity index (χ3n) is 3.34. The number of aromatic nitrogens is 1. The van der Waals surface area contributed by atoms with E-state index in [-0.39, 0.29) is 0 Å². The van der Waals surface area contributed by atoms with Gasteiger partial charge in [-0.25, -0.2) is 4.79 Å². The highest BCUT2D eigenvalue weighted by Gasteiger charge is 2.20. The van der Waals surface area contributed by atoms with E-state index in [1.807, 2.05) is 13.0 Å². The normalized spacial score (nSPS) is 15.6. The Bertz CT molecular complexity index is 443. The molecule has 17 heavy (non-hydrogen) atoms. The first-order valence-electron chi connectivity index (χ1n) is 6.13. The van der Waals surface area contributed by atoms with Crippen molar-refractivity contribution in [2.75, 3.05) is 13.1 Å². The monoisotopic (exact) mass is 234 g/mol. The Morgan fingerprint density at radius 1 is 1.53 bits per heavy atom. The van der Waals surface area contributed by atoms with Crippen molar-refractivity contribution in [1.29, 1.82) is 0 Å². The van der Waals surface area contributed by atoms with Crippen molar-refractivity contribution in [3.05, 3.63) is 28.6 Å². The molecule has 1 aromatic heterocycles. The van der Waals surface area contributed by atoms with Crippen molar-refractivity contribution < 1.29 is 9.90 Å². The number of rotatable bonds is 3. The average molecular weight is 234 g/mol. The van der Waals surface area contributed by atoms with Gasteiger partial charge in [-0.1, -0.05) is 13.8 Å². The van der Waals surface area contributed by atoms with Crippen LogP contribution in [-0.4, -0.2) is 34.0 Å². The summed E-state index contributed by atoms with van der Waals surface area (Å²) in [5.41, 5.74) is 3.23. The highest BCUT2D eigenvalue weighted by molar-refractivity contribution is 5.89. The van der Waals surface area contributed by atoms with Gasteiger partial charge in [-0.2, -0.15) is 0 Å². The van der Waals surface area contributed by atoms with Gasteiger partial charge in [0.2, 0.25) is 0 Å². The fraction of sp³-hybridized carbons (Fsp3) is 0.538. The summed E-state index contributed by atoms with van der Waals surface area (Å²) in [6.07, 6.45) is 1.60. The molecule has 0 aromatic carbocycles. The first-order valence-corrected chi connectivity index (χ1v) is 6.13. The summed E-state index contributed by atoms with van der Waals surface area (Å²) in [5, 5.41) is 9.17. The van der Waals surface area contributed by atoms with Gasteiger partial charge in [0.05, 0.1) is 11.3 Å². The first-order chi connectivity index (χ1) is 8.15. The summed E-state index contributed by atoms with van der Waals surface area (Å²) in [6, 6.07) is 1.81. The van der Waals surface area contributed by atoms with Crippen molar-refractivity contribution >= 4 is 5.97 Å². The second-order valence-corrected chi connectivity index (χ2v) is 4.37. The van der Waals surface area contributed by atoms with Crippen LogP contribution in [0.5, 0.6) is 0 Å². The second-order valence-electron chi connectivity index (χ2n) is 4.37. The molecule has 0 unspecified atom stereocenters. The largest absolute Gasteiger partial charge is 0.478 e. The van der Waals surface area contributed by atoms with Crippen LogP contribution in [0.2, 0.25) is 0 Å². The van der Waals surface area contributed by atoms with E-state index in [2.05, 4.69) is 16.8 Å². The maximum atomic E-state index is 11.2. The molecule has 1 N–H and O–H groups in total. The minimum atomic E-state index is -0.870. The van der Waals surface area contributed by atoms with Crippen LogP contribution in [0.3, 0.4) is 0 Å². The fourth-order valence-corrected chi connectivity index (χ4v) is 2.30. The van der Waals surface area contributed by atoms with Crippen LogP contribution in [0.25, 0.3) is 0 Å². The number of nitrogens with zero attached hydrogens (tertiary/aromatic N) is 2. The van der Waals surface area contributed by atoms with Gasteiger partial charge >= 0.3 is 5.97 Å². The van der Waals surface area contributed by atoms with Gasteiger partial charge in [0.15, 0.2) is 0 Å². The molecule has 0 spiro atoms. The smallest absolute Gasteiger partial charge is 0.337 e. The number of hydrogen-bond donors (Lipinski definition) is 1. The molecule has 2 heterocycles. The summed E-state index contributed by atoms with van der Waals surface area (Å²) in [7, 11) is 0. The van der Waals surface area contributed by atoms with Gasteiger partial charge in [-0.05, 0) is 24.6 Å². The minimum Gasteiger partial charge on any atom is -0.478 e. The molecule has 0 amide bonds. The highest BCUT2D eigenvalue weighted by atomic mass is 16.4. The van der Waals surface area contributed by atoms with E-state index in [1.54, 1.807) is 0 Å². The van der Waals surface area contributed by atoms with Crippen LogP contribution < -0.4 is 0 Å². The number of pyridine rings is 1. The molecule has 2 rings (SSSR count). The average Bonchev–Trinajstić information content (AvgIpc) is 2.36. The maximum Gasteiger partial charge on any atom is 0.337 e. The summed E-state index contributed by atoms with van der Waals surface area (Å²) in [6.45, 7) is 6.91. The number of aryl methyl sites for hydroxylation is 1. The van der Waals surface area contributed by atoms with E-state index in [4.69, 9.17) is 5.11 Å². The van der Waals surface area contributed by atoms with Crippen molar-refractivity contribution in [2.24, 2.45) is 0 Å². The Labute approximate surface area is 101 Å². The van der Waals surface area contributed by atoms with E-state index in [1.165, 1.54) is 0 Å². The molecule has 0 atom stereocenters. The Kier molecular flexibility index (Phi) is 3.43. The molecule has 1 aliphatic rings. The standard InChI is InChI=1S/C13H18N2O2/c1-3-11-10(13(16)17)7-9-8-15(4-2)6-5-12(9)14-11/h7H,3-6,8H2,1-2H3,(H,16,17). The molecule has 0 saturated heterocycles. The Morgan fingerprint density at radius 2 is 2.29 bits per heavy atom. The number of fused-ring (bicyclic) bond motifs is 1. The van der Waals surface area contributed by atoms with Crippen LogP contribution in [0.1, 0.15) is 41.2 Å². The zero-order valence-corrected chi connectivity index (χ0v) is 10.4. The SMILES string of the molecule is CCc1nc2c(cc1C(=O)O)CN(CC)CC2. The van der Waals surface area contributed by atoms with Gasteiger partial charge in [0, 0.05) is 25.2 Å². The third kappa shape index (κ3) is 2.31. The Morgan fingerprint density at radius 3 is 2.88 bits per heavy atom. The molecule has 1 aromatic rings. The molecule has 0 bridgehead atoms. The molecular formula is C13H18N2O2. The summed E-state index contributed by atoms with van der Waals surface area (Å²) < 4.78 is 0. The van der Waals surface area contributed by atoms with Crippen LogP contribution in [0, 0.1) is 0 Å². The molecule has 1 aliphatic heterocycles. The molecule has 0 aliphatic carbocycles. The van der Waals surface area contributed by atoms with Gasteiger partial charge in [-0.15, -0.1) is 0 Å². The number of aromatic carboxylic acids is 1. The Balaban J connectivity index is 2.41. The first kappa shape index (κ1) is 12.0. The van der Waals surface area contributed by atoms with Gasteiger partial charge in [0.1, 0.15) is 0 Å². The van der Waals surface area contributed by atoms with Crippen molar-refractivity contribution in [2.45, 2.75) is 33.2 Å². The number of hydrogen-bond acceptors (Lipinski definition) is 3. The third-order valence-corrected chi connectivity index (χ3v) is 3.34. The lowest BCUT2D eigenvalue weighted by atomic mass is 10.0. The maximum absolute atomic E-state index is 11.2. The number of carboxylic acids is 1. The molecule has 0 saturated carbocycles. The van der Waals surface area contributed by atoms with E-state index in [0.29, 0.717) is 17.7 Å². The molecule has 4 nitrogen and oxygen atoms in total. The zero-order valence-electron chi connectivity index (χ0n) is 10.4. The topological polar surface area (TPSA) is 53.4 Å². The number of carbonyl (C=O) groups is 1. The molecule has 0 fully saturated rings. The van der Waals surface area contributed by atoms with E-state index in [9.17, 15) is 4.79 Å². The van der Waals surface area contributed by atoms with Crippen LogP contribution in [-0.2, 0) is 19.4 Å². The minimum absolute atomic E-state index is 0.365. The lowest BCUT2D eigenvalue weighted by Crippen LogP contribution is -2.31. The zero-order chi connectivity index (χ0) is 12.4. The molecule has 4 heteroatoms. The van der Waals surface area contributed by atoms with E-state index < -0.39 is 5.97 Å². The lowest BCUT2D eigenvalue weighted by Gasteiger charge is -2.27. The van der Waals surface area contributed by atoms with E-state index >= 15 is 0 Å². The second kappa shape index (κ2) is 4.84. The van der Waals surface area contributed by atoms with Gasteiger partial charge < -0.3 is 5.11 Å². The quantitative estimate of drug-likeness (QED) is 0.865. The number of carboxylic acid groups (broad SMARTS) is 1. The predicted octanol–water partition coefficient (Wildman–Crippen LogP) is 1.72. The molecule has 0 radical (unpaired) electrons. The predicted molar refractivity (Wildman–Crippen MR) is 65.2 cm³/mol. The van der Waals surface area contributed by atoms with Gasteiger partial charge in [0.25, 0.3) is 0 Å². The number of likely N-dealkylation sites (N-methyl/N-ethyl adjacent to an activating group) is 1. The van der Waals surface area contributed by atoms with Crippen LogP contribution in [0.4, 0.5) is 0 Å². The Hall–Kier alpha value is -1.42. The van der Waals surface area contributed by atoms with Crippen LogP contribution in [0.15, 0.2) is 6.07 Å². The molecular weight excluding hydrogens is 216 g/mol. The van der Waals surface area contributed by atoms with Crippen molar-refractivity contribution in [3.8, 4) is 0 Å². The van der Waals surface area contributed by atoms with Crippen molar-refractivity contribution in [1.82, 2.24) is 9.88 Å². The highest BCUT2D eigenvalue weighted by Crippen LogP contribution is 2.20. The summed E-state index contributed by atoms with van der Waals surface area (Å²) in [4.78, 5) is 18.0. The van der Waals surface area contributed by atoms with Crippen LogP contribution >= 0.6 is 0 Å². The lowest BCUT2D eigenvalue weighted by molar-refractivity contribution is 0.0694. The van der Waals surface area contributed by atoms with E-state index in [0.717, 1.165) is 37.3 Å². The van der Waals surface area contributed by atoms with Gasteiger partial charge in [-0.3, -0.25) is 9.88 Å². The van der Waals surface area contributed by atoms with Crippen molar-refractivity contribution in [3.63, 3.8) is 0 Å².